The number of rotatable bonds is 3. The molecule has 0 bridgehead atoms. The van der Waals surface area contributed by atoms with Crippen molar-refractivity contribution >= 4 is 21.7 Å². The molecule has 1 rings (SSSR count). The van der Waals surface area contributed by atoms with Gasteiger partial charge in [0.25, 0.3) is 0 Å². The van der Waals surface area contributed by atoms with Crippen molar-refractivity contribution in [1.29, 1.82) is 0 Å². The molecular formula is C12H22BrN3. The second-order valence-corrected chi connectivity index (χ2v) is 6.75. The van der Waals surface area contributed by atoms with Gasteiger partial charge in [-0.05, 0) is 33.7 Å². The highest BCUT2D eigenvalue weighted by atomic mass is 79.9. The summed E-state index contributed by atoms with van der Waals surface area (Å²) < 4.78 is 2.86. The molecule has 0 saturated carbocycles. The summed E-state index contributed by atoms with van der Waals surface area (Å²) in [6.45, 7) is 11.8. The van der Waals surface area contributed by atoms with Gasteiger partial charge < -0.3 is 5.73 Å². The van der Waals surface area contributed by atoms with Crippen molar-refractivity contribution in [2.75, 3.05) is 5.73 Å². The first-order valence-corrected chi connectivity index (χ1v) is 6.50. The monoisotopic (exact) mass is 287 g/mol. The average Bonchev–Trinajstić information content (AvgIpc) is 2.30. The Kier molecular flexibility index (Phi) is 4.05. The van der Waals surface area contributed by atoms with Crippen LogP contribution in [0.1, 0.15) is 40.3 Å². The number of hydrogen-bond acceptors (Lipinski definition) is 2. The second kappa shape index (κ2) is 4.78. The van der Waals surface area contributed by atoms with Crippen molar-refractivity contribution in [3.05, 3.63) is 10.2 Å². The fourth-order valence-electron chi connectivity index (χ4n) is 1.60. The van der Waals surface area contributed by atoms with Gasteiger partial charge in [0.05, 0.1) is 10.2 Å². The van der Waals surface area contributed by atoms with Crippen LogP contribution in [-0.2, 0) is 13.0 Å². The van der Waals surface area contributed by atoms with Crippen LogP contribution in [0.3, 0.4) is 0 Å². The zero-order valence-electron chi connectivity index (χ0n) is 10.8. The summed E-state index contributed by atoms with van der Waals surface area (Å²) in [6, 6.07) is 0. The standard InChI is InChI=1S/C12H22BrN3/c1-8(2)7-16-11(14)10(13)9(15-16)6-12(3,4)5/h8H,6-7,14H2,1-5H3. The third-order valence-electron chi connectivity index (χ3n) is 2.23. The van der Waals surface area contributed by atoms with E-state index >= 15 is 0 Å². The molecule has 4 heteroatoms. The van der Waals surface area contributed by atoms with E-state index in [2.05, 4.69) is 55.6 Å². The molecular weight excluding hydrogens is 266 g/mol. The zero-order chi connectivity index (χ0) is 12.5. The lowest BCUT2D eigenvalue weighted by molar-refractivity contribution is 0.399. The van der Waals surface area contributed by atoms with Crippen molar-refractivity contribution in [1.82, 2.24) is 9.78 Å². The predicted molar refractivity (Wildman–Crippen MR) is 72.3 cm³/mol. The van der Waals surface area contributed by atoms with E-state index in [1.807, 2.05) is 4.68 Å². The third kappa shape index (κ3) is 3.51. The Bertz CT molecular complexity index is 361. The summed E-state index contributed by atoms with van der Waals surface area (Å²) in [5.41, 5.74) is 7.31. The van der Waals surface area contributed by atoms with Gasteiger partial charge in [0.1, 0.15) is 5.82 Å². The summed E-state index contributed by atoms with van der Waals surface area (Å²) in [7, 11) is 0. The second-order valence-electron chi connectivity index (χ2n) is 5.96. The zero-order valence-corrected chi connectivity index (χ0v) is 12.4. The normalized spacial score (nSPS) is 12.4. The summed E-state index contributed by atoms with van der Waals surface area (Å²) in [4.78, 5) is 0. The van der Waals surface area contributed by atoms with Gasteiger partial charge in [-0.2, -0.15) is 5.10 Å². The van der Waals surface area contributed by atoms with E-state index in [9.17, 15) is 0 Å². The smallest absolute Gasteiger partial charge is 0.136 e. The van der Waals surface area contributed by atoms with Gasteiger partial charge in [-0.25, -0.2) is 4.68 Å². The summed E-state index contributed by atoms with van der Waals surface area (Å²) >= 11 is 3.54. The fourth-order valence-corrected chi connectivity index (χ4v) is 2.03. The Morgan fingerprint density at radius 3 is 2.38 bits per heavy atom. The minimum atomic E-state index is 0.228. The van der Waals surface area contributed by atoms with Gasteiger partial charge in [0, 0.05) is 6.54 Å². The molecule has 0 aliphatic heterocycles. The Morgan fingerprint density at radius 2 is 1.94 bits per heavy atom. The molecule has 1 heterocycles. The maximum absolute atomic E-state index is 6.02. The minimum Gasteiger partial charge on any atom is -0.383 e. The lowest BCUT2D eigenvalue weighted by Crippen LogP contribution is -2.12. The van der Waals surface area contributed by atoms with Crippen molar-refractivity contribution in [3.8, 4) is 0 Å². The molecule has 0 spiro atoms. The van der Waals surface area contributed by atoms with Crippen LogP contribution in [0.4, 0.5) is 5.82 Å². The molecule has 0 aliphatic rings. The van der Waals surface area contributed by atoms with E-state index in [1.165, 1.54) is 0 Å². The molecule has 0 aliphatic carbocycles. The first kappa shape index (κ1) is 13.6. The molecule has 0 atom stereocenters. The van der Waals surface area contributed by atoms with Crippen LogP contribution in [0.5, 0.6) is 0 Å². The van der Waals surface area contributed by atoms with E-state index in [-0.39, 0.29) is 5.41 Å². The van der Waals surface area contributed by atoms with Crippen LogP contribution in [-0.4, -0.2) is 9.78 Å². The molecule has 0 amide bonds. The highest BCUT2D eigenvalue weighted by Crippen LogP contribution is 2.29. The van der Waals surface area contributed by atoms with E-state index in [4.69, 9.17) is 5.73 Å². The topological polar surface area (TPSA) is 43.8 Å². The Balaban J connectivity index is 2.96. The Hall–Kier alpha value is -0.510. The summed E-state index contributed by atoms with van der Waals surface area (Å²) in [6.07, 6.45) is 0.933. The molecule has 0 radical (unpaired) electrons. The molecule has 0 saturated heterocycles. The van der Waals surface area contributed by atoms with Crippen LogP contribution in [0.15, 0.2) is 4.47 Å². The summed E-state index contributed by atoms with van der Waals surface area (Å²) in [5, 5.41) is 4.58. The first-order valence-electron chi connectivity index (χ1n) is 5.71. The quantitative estimate of drug-likeness (QED) is 0.925. The van der Waals surface area contributed by atoms with Crippen LogP contribution < -0.4 is 5.73 Å². The maximum Gasteiger partial charge on any atom is 0.136 e. The number of aromatic nitrogens is 2. The van der Waals surface area contributed by atoms with E-state index in [1.54, 1.807) is 0 Å². The van der Waals surface area contributed by atoms with Crippen LogP contribution in [0.25, 0.3) is 0 Å². The molecule has 3 nitrogen and oxygen atoms in total. The highest BCUT2D eigenvalue weighted by Gasteiger charge is 2.19. The number of anilines is 1. The van der Waals surface area contributed by atoms with Crippen molar-refractivity contribution in [3.63, 3.8) is 0 Å². The van der Waals surface area contributed by atoms with Crippen molar-refractivity contribution < 1.29 is 0 Å². The Morgan fingerprint density at radius 1 is 1.38 bits per heavy atom. The van der Waals surface area contributed by atoms with Crippen LogP contribution in [0.2, 0.25) is 0 Å². The fraction of sp³-hybridized carbons (Fsp3) is 0.750. The van der Waals surface area contributed by atoms with Gasteiger partial charge in [-0.3, -0.25) is 0 Å². The van der Waals surface area contributed by atoms with Gasteiger partial charge >= 0.3 is 0 Å². The molecule has 92 valence electrons. The number of halogens is 1. The lowest BCUT2D eigenvalue weighted by Gasteiger charge is -2.16. The van der Waals surface area contributed by atoms with E-state index in [0.29, 0.717) is 5.92 Å². The minimum absolute atomic E-state index is 0.228. The number of nitrogen functional groups attached to an aromatic ring is 1. The third-order valence-corrected chi connectivity index (χ3v) is 3.10. The molecule has 0 aromatic carbocycles. The van der Waals surface area contributed by atoms with Gasteiger partial charge in [-0.1, -0.05) is 34.6 Å². The average molecular weight is 288 g/mol. The van der Waals surface area contributed by atoms with Gasteiger partial charge in [0.15, 0.2) is 0 Å². The number of nitrogens with zero attached hydrogens (tertiary/aromatic N) is 2. The van der Waals surface area contributed by atoms with Crippen molar-refractivity contribution in [2.24, 2.45) is 11.3 Å². The molecule has 1 aromatic heterocycles. The molecule has 0 unspecified atom stereocenters. The highest BCUT2D eigenvalue weighted by molar-refractivity contribution is 9.10. The lowest BCUT2D eigenvalue weighted by atomic mass is 9.91. The maximum atomic E-state index is 6.02. The summed E-state index contributed by atoms with van der Waals surface area (Å²) in [5.74, 6) is 1.30. The predicted octanol–water partition coefficient (Wildman–Crippen LogP) is 3.47. The molecule has 0 fully saturated rings. The molecule has 2 N–H and O–H groups in total. The van der Waals surface area contributed by atoms with Crippen molar-refractivity contribution in [2.45, 2.75) is 47.6 Å². The van der Waals surface area contributed by atoms with Crippen LogP contribution in [0, 0.1) is 11.3 Å². The van der Waals surface area contributed by atoms with E-state index < -0.39 is 0 Å². The Labute approximate surface area is 107 Å². The van der Waals surface area contributed by atoms with Crippen LogP contribution >= 0.6 is 15.9 Å². The molecule has 16 heavy (non-hydrogen) atoms. The van der Waals surface area contributed by atoms with E-state index in [0.717, 1.165) is 29.0 Å². The first-order chi connectivity index (χ1) is 7.20. The van der Waals surface area contributed by atoms with Gasteiger partial charge in [-0.15, -0.1) is 0 Å². The SMILES string of the molecule is CC(C)Cn1nc(CC(C)(C)C)c(Br)c1N. The number of nitrogens with two attached hydrogens (primary N) is 1. The largest absolute Gasteiger partial charge is 0.383 e. The van der Waals surface area contributed by atoms with Gasteiger partial charge in [0.2, 0.25) is 0 Å². The number of hydrogen-bond donors (Lipinski definition) is 1. The molecule has 1 aromatic rings.